The Kier molecular flexibility index (Phi) is 4.19. The molecule has 2 aliphatic heterocycles. The third-order valence-electron chi connectivity index (χ3n) is 5.41. The van der Waals surface area contributed by atoms with Gasteiger partial charge in [0, 0.05) is 43.7 Å². The van der Waals surface area contributed by atoms with E-state index in [0.29, 0.717) is 11.5 Å². The predicted molar refractivity (Wildman–Crippen MR) is 92.9 cm³/mol. The quantitative estimate of drug-likeness (QED) is 0.869. The molecule has 1 unspecified atom stereocenters. The molecule has 2 aromatic rings. The lowest BCUT2D eigenvalue weighted by Gasteiger charge is -2.39. The molecule has 126 valence electrons. The first-order valence-electron chi connectivity index (χ1n) is 8.77. The molecule has 2 saturated heterocycles. The Labute approximate surface area is 143 Å². The van der Waals surface area contributed by atoms with Crippen LogP contribution in [-0.2, 0) is 11.2 Å². The first kappa shape index (κ1) is 15.5. The van der Waals surface area contributed by atoms with Crippen molar-refractivity contribution in [3.05, 3.63) is 48.2 Å². The lowest BCUT2D eigenvalue weighted by atomic mass is 9.76. The SMILES string of the molecule is Cc1cc(N2CCC3(CC2)COC(Cc2cccnc2)C3)ncn1. The highest BCUT2D eigenvalue weighted by atomic mass is 16.5. The molecule has 2 fully saturated rings. The average molecular weight is 324 g/mol. The number of ether oxygens (including phenoxy) is 1. The lowest BCUT2D eigenvalue weighted by molar-refractivity contribution is 0.0886. The topological polar surface area (TPSA) is 51.1 Å². The molecule has 1 atom stereocenters. The molecule has 5 nitrogen and oxygen atoms in total. The van der Waals surface area contributed by atoms with Crippen molar-refractivity contribution in [2.75, 3.05) is 24.6 Å². The second kappa shape index (κ2) is 6.48. The minimum Gasteiger partial charge on any atom is -0.377 e. The first-order valence-corrected chi connectivity index (χ1v) is 8.77. The van der Waals surface area contributed by atoms with Crippen molar-refractivity contribution in [3.63, 3.8) is 0 Å². The highest BCUT2D eigenvalue weighted by Gasteiger charge is 2.42. The summed E-state index contributed by atoms with van der Waals surface area (Å²) in [5.74, 6) is 1.06. The van der Waals surface area contributed by atoms with E-state index in [2.05, 4.69) is 32.0 Å². The number of hydrogen-bond acceptors (Lipinski definition) is 5. The molecule has 0 bridgehead atoms. The molecule has 1 spiro atoms. The van der Waals surface area contributed by atoms with Gasteiger partial charge in [-0.25, -0.2) is 9.97 Å². The van der Waals surface area contributed by atoms with E-state index in [-0.39, 0.29) is 0 Å². The standard InChI is InChI=1S/C19H24N4O/c1-15-9-18(22-14-21-15)23-7-4-19(5-8-23)11-17(24-13-19)10-16-3-2-6-20-12-16/h2-3,6,9,12,14,17H,4-5,7-8,10-11,13H2,1H3. The van der Waals surface area contributed by atoms with Crippen LogP contribution in [0.4, 0.5) is 5.82 Å². The number of nitrogens with zero attached hydrogens (tertiary/aromatic N) is 4. The van der Waals surface area contributed by atoms with E-state index in [1.807, 2.05) is 25.4 Å². The number of aryl methyl sites for hydroxylation is 1. The Morgan fingerprint density at radius 2 is 2.17 bits per heavy atom. The molecule has 4 rings (SSSR count). The van der Waals surface area contributed by atoms with Crippen LogP contribution in [0.25, 0.3) is 0 Å². The minimum absolute atomic E-state index is 0.335. The Morgan fingerprint density at radius 3 is 2.92 bits per heavy atom. The molecule has 0 radical (unpaired) electrons. The van der Waals surface area contributed by atoms with Crippen LogP contribution in [0.15, 0.2) is 36.9 Å². The number of rotatable bonds is 3. The normalized spacial score (nSPS) is 22.9. The Morgan fingerprint density at radius 1 is 1.29 bits per heavy atom. The fourth-order valence-corrected chi connectivity index (χ4v) is 3.98. The van der Waals surface area contributed by atoms with Gasteiger partial charge in [-0.1, -0.05) is 6.07 Å². The van der Waals surface area contributed by atoms with Crippen LogP contribution >= 0.6 is 0 Å². The summed E-state index contributed by atoms with van der Waals surface area (Å²) in [5, 5.41) is 0. The summed E-state index contributed by atoms with van der Waals surface area (Å²) in [5.41, 5.74) is 2.65. The molecule has 0 N–H and O–H groups in total. The summed E-state index contributed by atoms with van der Waals surface area (Å²) in [6, 6.07) is 6.22. The molecular weight excluding hydrogens is 300 g/mol. The second-order valence-corrected chi connectivity index (χ2v) is 7.21. The van der Waals surface area contributed by atoms with Crippen LogP contribution in [0.2, 0.25) is 0 Å². The highest BCUT2D eigenvalue weighted by Crippen LogP contribution is 2.43. The van der Waals surface area contributed by atoms with Crippen LogP contribution in [0, 0.1) is 12.3 Å². The molecule has 24 heavy (non-hydrogen) atoms. The van der Waals surface area contributed by atoms with Gasteiger partial charge < -0.3 is 9.64 Å². The van der Waals surface area contributed by atoms with Crippen LogP contribution in [0.1, 0.15) is 30.5 Å². The van der Waals surface area contributed by atoms with Crippen molar-refractivity contribution in [3.8, 4) is 0 Å². The summed E-state index contributed by atoms with van der Waals surface area (Å²) in [6.07, 6.45) is 10.3. The first-order chi connectivity index (χ1) is 11.7. The molecule has 2 aliphatic rings. The van der Waals surface area contributed by atoms with E-state index in [9.17, 15) is 0 Å². The number of aromatic nitrogens is 3. The van der Waals surface area contributed by atoms with E-state index in [1.54, 1.807) is 6.33 Å². The number of hydrogen-bond donors (Lipinski definition) is 0. The van der Waals surface area contributed by atoms with Gasteiger partial charge in [0.15, 0.2) is 0 Å². The molecule has 0 amide bonds. The van der Waals surface area contributed by atoms with Crippen molar-refractivity contribution in [1.82, 2.24) is 15.0 Å². The van der Waals surface area contributed by atoms with E-state index >= 15 is 0 Å². The van der Waals surface area contributed by atoms with Crippen molar-refractivity contribution < 1.29 is 4.74 Å². The van der Waals surface area contributed by atoms with Gasteiger partial charge in [0.25, 0.3) is 0 Å². The summed E-state index contributed by atoms with van der Waals surface area (Å²) in [4.78, 5) is 15.2. The monoisotopic (exact) mass is 324 g/mol. The van der Waals surface area contributed by atoms with Crippen molar-refractivity contribution in [2.45, 2.75) is 38.7 Å². The average Bonchev–Trinajstić information content (AvgIpc) is 2.99. The number of pyridine rings is 1. The molecule has 4 heterocycles. The van der Waals surface area contributed by atoms with Gasteiger partial charge in [-0.05, 0) is 43.2 Å². The van der Waals surface area contributed by atoms with Crippen LogP contribution in [-0.4, -0.2) is 40.8 Å². The van der Waals surface area contributed by atoms with E-state index in [0.717, 1.165) is 37.6 Å². The molecule has 0 saturated carbocycles. The molecule has 2 aromatic heterocycles. The van der Waals surface area contributed by atoms with Crippen LogP contribution in [0.5, 0.6) is 0 Å². The zero-order valence-corrected chi connectivity index (χ0v) is 14.2. The molecule has 5 heteroatoms. The maximum Gasteiger partial charge on any atom is 0.132 e. The fraction of sp³-hybridized carbons (Fsp3) is 0.526. The number of piperidine rings is 1. The summed E-state index contributed by atoms with van der Waals surface area (Å²) in [6.45, 7) is 5.03. The van der Waals surface area contributed by atoms with Gasteiger partial charge in [0.1, 0.15) is 12.1 Å². The smallest absolute Gasteiger partial charge is 0.132 e. The van der Waals surface area contributed by atoms with Crippen molar-refractivity contribution in [2.24, 2.45) is 5.41 Å². The second-order valence-electron chi connectivity index (χ2n) is 7.21. The Balaban J connectivity index is 1.35. The van der Waals surface area contributed by atoms with E-state index < -0.39 is 0 Å². The molecular formula is C19H24N4O. The molecule has 0 aromatic carbocycles. The van der Waals surface area contributed by atoms with Gasteiger partial charge in [-0.3, -0.25) is 4.98 Å². The van der Waals surface area contributed by atoms with Gasteiger partial charge in [-0.2, -0.15) is 0 Å². The Hall–Kier alpha value is -2.01. The Bertz CT molecular complexity index is 683. The highest BCUT2D eigenvalue weighted by molar-refractivity contribution is 5.39. The zero-order valence-electron chi connectivity index (χ0n) is 14.2. The summed E-state index contributed by atoms with van der Waals surface area (Å²) >= 11 is 0. The maximum absolute atomic E-state index is 6.14. The van der Waals surface area contributed by atoms with Crippen LogP contribution in [0.3, 0.4) is 0 Å². The summed E-state index contributed by atoms with van der Waals surface area (Å²) < 4.78 is 6.14. The van der Waals surface area contributed by atoms with Gasteiger partial charge >= 0.3 is 0 Å². The van der Waals surface area contributed by atoms with E-state index in [1.165, 1.54) is 24.8 Å². The van der Waals surface area contributed by atoms with Crippen LogP contribution < -0.4 is 4.90 Å². The third kappa shape index (κ3) is 3.26. The third-order valence-corrected chi connectivity index (χ3v) is 5.41. The summed E-state index contributed by atoms with van der Waals surface area (Å²) in [7, 11) is 0. The van der Waals surface area contributed by atoms with E-state index in [4.69, 9.17) is 4.74 Å². The lowest BCUT2D eigenvalue weighted by Crippen LogP contribution is -2.41. The number of anilines is 1. The minimum atomic E-state index is 0.335. The predicted octanol–water partition coefficient (Wildman–Crippen LogP) is 2.80. The fourth-order valence-electron chi connectivity index (χ4n) is 3.98. The van der Waals surface area contributed by atoms with Gasteiger partial charge in [0.2, 0.25) is 0 Å². The maximum atomic E-state index is 6.14. The van der Waals surface area contributed by atoms with Gasteiger partial charge in [0.05, 0.1) is 12.7 Å². The van der Waals surface area contributed by atoms with Crippen molar-refractivity contribution >= 4 is 5.82 Å². The largest absolute Gasteiger partial charge is 0.377 e. The molecule has 0 aliphatic carbocycles. The van der Waals surface area contributed by atoms with Crippen molar-refractivity contribution in [1.29, 1.82) is 0 Å². The van der Waals surface area contributed by atoms with Gasteiger partial charge in [-0.15, -0.1) is 0 Å². The zero-order chi connectivity index (χ0) is 16.4.